The molecule has 4 heteroatoms. The van der Waals surface area contributed by atoms with Crippen LogP contribution < -0.4 is 0 Å². The summed E-state index contributed by atoms with van der Waals surface area (Å²) in [5, 5.41) is 0.861. The van der Waals surface area contributed by atoms with Crippen LogP contribution >= 0.6 is 11.6 Å². The van der Waals surface area contributed by atoms with E-state index in [-0.39, 0.29) is 0 Å². The summed E-state index contributed by atoms with van der Waals surface area (Å²) in [5.74, 6) is 0.983. The number of aryl methyl sites for hydroxylation is 2. The van der Waals surface area contributed by atoms with Crippen molar-refractivity contribution in [3.8, 4) is 0 Å². The molecule has 0 spiro atoms. The van der Waals surface area contributed by atoms with Gasteiger partial charge in [-0.3, -0.25) is 4.90 Å². The molecule has 0 bridgehead atoms. The molecular weight excluding hydrogens is 294 g/mol. The smallest absolute Gasteiger partial charge is 0.128 e. The highest BCUT2D eigenvalue weighted by molar-refractivity contribution is 6.31. The van der Waals surface area contributed by atoms with Crippen LogP contribution in [-0.4, -0.2) is 21.4 Å². The molecular formula is C18H22ClN3. The van der Waals surface area contributed by atoms with Crippen LogP contribution in [0.3, 0.4) is 0 Å². The standard InChI is InChI=1S/C18H22ClN3/c1-3-5-18-20-10-14-11-22(9-8-17(14)21-18)12-15-13(2)6-4-7-16(15)19/h4,6-7,10H,3,5,8-9,11-12H2,1-2H3. The maximum atomic E-state index is 6.35. The summed E-state index contributed by atoms with van der Waals surface area (Å²) in [4.78, 5) is 11.6. The maximum absolute atomic E-state index is 6.35. The van der Waals surface area contributed by atoms with Gasteiger partial charge in [0.25, 0.3) is 0 Å². The first-order chi connectivity index (χ1) is 10.7. The average Bonchev–Trinajstić information content (AvgIpc) is 2.51. The van der Waals surface area contributed by atoms with Gasteiger partial charge in [-0.2, -0.15) is 0 Å². The van der Waals surface area contributed by atoms with Crippen LogP contribution in [0.1, 0.15) is 41.6 Å². The number of nitrogens with zero attached hydrogens (tertiary/aromatic N) is 3. The summed E-state index contributed by atoms with van der Waals surface area (Å²) in [6.07, 6.45) is 5.07. The van der Waals surface area contributed by atoms with Crippen LogP contribution in [0.5, 0.6) is 0 Å². The maximum Gasteiger partial charge on any atom is 0.128 e. The number of rotatable bonds is 4. The van der Waals surface area contributed by atoms with Gasteiger partial charge in [0, 0.05) is 55.0 Å². The lowest BCUT2D eigenvalue weighted by Gasteiger charge is -2.29. The summed E-state index contributed by atoms with van der Waals surface area (Å²) in [5.41, 5.74) is 4.98. The van der Waals surface area contributed by atoms with Gasteiger partial charge in [-0.1, -0.05) is 30.7 Å². The molecule has 3 nitrogen and oxygen atoms in total. The molecule has 0 saturated heterocycles. The molecule has 0 unspecified atom stereocenters. The summed E-state index contributed by atoms with van der Waals surface area (Å²) in [7, 11) is 0. The Balaban J connectivity index is 1.74. The van der Waals surface area contributed by atoms with Gasteiger partial charge in [0.05, 0.1) is 0 Å². The Morgan fingerprint density at radius 2 is 2.18 bits per heavy atom. The van der Waals surface area contributed by atoms with E-state index in [4.69, 9.17) is 16.6 Å². The molecule has 2 aromatic rings. The Hall–Kier alpha value is -1.45. The molecule has 0 N–H and O–H groups in total. The second-order valence-corrected chi connectivity index (χ2v) is 6.41. The molecule has 0 amide bonds. The van der Waals surface area contributed by atoms with Crippen LogP contribution in [0.15, 0.2) is 24.4 Å². The van der Waals surface area contributed by atoms with Gasteiger partial charge in [-0.15, -0.1) is 0 Å². The molecule has 1 aromatic carbocycles. The van der Waals surface area contributed by atoms with Gasteiger partial charge in [0.2, 0.25) is 0 Å². The SMILES string of the molecule is CCCc1ncc2c(n1)CCN(Cc1c(C)cccc1Cl)C2. The fourth-order valence-electron chi connectivity index (χ4n) is 2.99. The topological polar surface area (TPSA) is 29.0 Å². The van der Waals surface area contributed by atoms with Crippen molar-refractivity contribution in [2.24, 2.45) is 0 Å². The zero-order valence-electron chi connectivity index (χ0n) is 13.3. The van der Waals surface area contributed by atoms with Crippen molar-refractivity contribution in [2.75, 3.05) is 6.54 Å². The molecule has 0 fully saturated rings. The molecule has 0 saturated carbocycles. The third kappa shape index (κ3) is 3.31. The summed E-state index contributed by atoms with van der Waals surface area (Å²) >= 11 is 6.35. The Kier molecular flexibility index (Phi) is 4.74. The first-order valence-electron chi connectivity index (χ1n) is 7.97. The molecule has 0 radical (unpaired) electrons. The lowest BCUT2D eigenvalue weighted by molar-refractivity contribution is 0.242. The van der Waals surface area contributed by atoms with E-state index >= 15 is 0 Å². The monoisotopic (exact) mass is 315 g/mol. The van der Waals surface area contributed by atoms with E-state index in [0.29, 0.717) is 0 Å². The van der Waals surface area contributed by atoms with E-state index < -0.39 is 0 Å². The fraction of sp³-hybridized carbons (Fsp3) is 0.444. The zero-order chi connectivity index (χ0) is 15.5. The number of hydrogen-bond acceptors (Lipinski definition) is 3. The van der Waals surface area contributed by atoms with E-state index in [1.807, 2.05) is 18.3 Å². The highest BCUT2D eigenvalue weighted by atomic mass is 35.5. The van der Waals surface area contributed by atoms with Crippen molar-refractivity contribution in [2.45, 2.75) is 46.2 Å². The first-order valence-corrected chi connectivity index (χ1v) is 8.35. The molecule has 3 rings (SSSR count). The van der Waals surface area contributed by atoms with Gasteiger partial charge in [-0.25, -0.2) is 9.97 Å². The van der Waals surface area contributed by atoms with Crippen LogP contribution in [0, 0.1) is 6.92 Å². The van der Waals surface area contributed by atoms with Gasteiger partial charge in [-0.05, 0) is 30.5 Å². The minimum Gasteiger partial charge on any atom is -0.294 e. The van der Waals surface area contributed by atoms with Crippen molar-refractivity contribution in [1.29, 1.82) is 0 Å². The quantitative estimate of drug-likeness (QED) is 0.855. The largest absolute Gasteiger partial charge is 0.294 e. The molecule has 0 atom stereocenters. The summed E-state index contributed by atoms with van der Waals surface area (Å²) < 4.78 is 0. The highest BCUT2D eigenvalue weighted by Gasteiger charge is 2.19. The molecule has 2 heterocycles. The number of aromatic nitrogens is 2. The Morgan fingerprint density at radius 3 is 2.95 bits per heavy atom. The van der Waals surface area contributed by atoms with E-state index in [0.717, 1.165) is 49.7 Å². The highest BCUT2D eigenvalue weighted by Crippen LogP contribution is 2.24. The molecule has 116 valence electrons. The van der Waals surface area contributed by atoms with Gasteiger partial charge in [0.15, 0.2) is 0 Å². The van der Waals surface area contributed by atoms with E-state index in [9.17, 15) is 0 Å². The Morgan fingerprint density at radius 1 is 1.32 bits per heavy atom. The summed E-state index contributed by atoms with van der Waals surface area (Å²) in [6, 6.07) is 6.11. The second-order valence-electron chi connectivity index (χ2n) is 6.00. The minimum atomic E-state index is 0.861. The van der Waals surface area contributed by atoms with Crippen LogP contribution in [0.4, 0.5) is 0 Å². The fourth-order valence-corrected chi connectivity index (χ4v) is 3.27. The second kappa shape index (κ2) is 6.76. The lowest BCUT2D eigenvalue weighted by atomic mass is 10.0. The van der Waals surface area contributed by atoms with E-state index in [1.165, 1.54) is 22.4 Å². The normalized spacial score (nSPS) is 14.9. The van der Waals surface area contributed by atoms with E-state index in [2.05, 4.69) is 29.8 Å². The van der Waals surface area contributed by atoms with Gasteiger partial charge >= 0.3 is 0 Å². The predicted octanol–water partition coefficient (Wildman–Crippen LogP) is 3.95. The first kappa shape index (κ1) is 15.4. The van der Waals surface area contributed by atoms with Gasteiger partial charge in [0.1, 0.15) is 5.82 Å². The van der Waals surface area contributed by atoms with Gasteiger partial charge < -0.3 is 0 Å². The minimum absolute atomic E-state index is 0.861. The van der Waals surface area contributed by atoms with Crippen molar-refractivity contribution < 1.29 is 0 Å². The van der Waals surface area contributed by atoms with Crippen molar-refractivity contribution in [1.82, 2.24) is 14.9 Å². The number of fused-ring (bicyclic) bond motifs is 1. The molecule has 1 aliphatic rings. The van der Waals surface area contributed by atoms with E-state index in [1.54, 1.807) is 0 Å². The Bertz CT molecular complexity index is 649. The zero-order valence-corrected chi connectivity index (χ0v) is 14.0. The third-order valence-corrected chi connectivity index (χ3v) is 4.63. The number of hydrogen-bond donors (Lipinski definition) is 0. The van der Waals surface area contributed by atoms with Crippen molar-refractivity contribution in [3.05, 3.63) is 57.6 Å². The average molecular weight is 316 g/mol. The van der Waals surface area contributed by atoms with Crippen LogP contribution in [0.25, 0.3) is 0 Å². The number of benzene rings is 1. The van der Waals surface area contributed by atoms with Crippen LogP contribution in [-0.2, 0) is 25.9 Å². The predicted molar refractivity (Wildman–Crippen MR) is 90.0 cm³/mol. The Labute approximate surface area is 137 Å². The van der Waals surface area contributed by atoms with Crippen LogP contribution in [0.2, 0.25) is 5.02 Å². The van der Waals surface area contributed by atoms with Crippen molar-refractivity contribution in [3.63, 3.8) is 0 Å². The molecule has 22 heavy (non-hydrogen) atoms. The summed E-state index contributed by atoms with van der Waals surface area (Å²) in [6.45, 7) is 7.12. The lowest BCUT2D eigenvalue weighted by Crippen LogP contribution is -2.31. The molecule has 1 aromatic heterocycles. The third-order valence-electron chi connectivity index (χ3n) is 4.27. The van der Waals surface area contributed by atoms with Crippen molar-refractivity contribution >= 4 is 11.6 Å². The molecule has 0 aliphatic carbocycles. The molecule has 1 aliphatic heterocycles. The number of halogens is 1.